The van der Waals surface area contributed by atoms with E-state index in [1.54, 1.807) is 0 Å². The van der Waals surface area contributed by atoms with Crippen LogP contribution < -0.4 is 11.1 Å². The third kappa shape index (κ3) is 6.37. The highest BCUT2D eigenvalue weighted by Crippen LogP contribution is 2.10. The van der Waals surface area contributed by atoms with Crippen molar-refractivity contribution < 1.29 is 19.5 Å². The van der Waals surface area contributed by atoms with Gasteiger partial charge in [-0.25, -0.2) is 0 Å². The average molecular weight is 288 g/mol. The predicted octanol–water partition coefficient (Wildman–Crippen LogP) is -0.630. The van der Waals surface area contributed by atoms with E-state index in [-0.39, 0.29) is 24.2 Å². The Morgan fingerprint density at radius 1 is 1.50 bits per heavy atom. The van der Waals surface area contributed by atoms with Crippen molar-refractivity contribution >= 4 is 17.6 Å². The number of nitrogens with zero attached hydrogens (tertiary/aromatic N) is 2. The lowest BCUT2D eigenvalue weighted by molar-refractivity contribution is -0.136. The van der Waals surface area contributed by atoms with Crippen molar-refractivity contribution in [2.24, 2.45) is 16.8 Å². The molecule has 0 rings (SSSR count). The van der Waals surface area contributed by atoms with Gasteiger partial charge in [-0.2, -0.15) is 0 Å². The highest BCUT2D eigenvalue weighted by atomic mass is 16.5. The van der Waals surface area contributed by atoms with Crippen LogP contribution in [-0.2, 0) is 14.3 Å². The number of hydrogen-bond acceptors (Lipinski definition) is 5. The van der Waals surface area contributed by atoms with Crippen molar-refractivity contribution in [1.82, 2.24) is 10.2 Å². The molecule has 0 aliphatic heterocycles. The van der Waals surface area contributed by atoms with E-state index in [2.05, 4.69) is 10.5 Å². The van der Waals surface area contributed by atoms with Gasteiger partial charge in [0.15, 0.2) is 5.84 Å². The molecule has 0 heterocycles. The van der Waals surface area contributed by atoms with Crippen molar-refractivity contribution in [2.45, 2.75) is 19.8 Å². The highest BCUT2D eigenvalue weighted by Gasteiger charge is 2.26. The Balaban J connectivity index is 4.46. The van der Waals surface area contributed by atoms with Crippen LogP contribution >= 0.6 is 0 Å². The Morgan fingerprint density at radius 2 is 2.15 bits per heavy atom. The van der Waals surface area contributed by atoms with E-state index >= 15 is 0 Å². The molecule has 116 valence electrons. The summed E-state index contributed by atoms with van der Waals surface area (Å²) < 4.78 is 4.81. The zero-order valence-corrected chi connectivity index (χ0v) is 12.3. The largest absolute Gasteiger partial charge is 0.409 e. The fraction of sp³-hybridized carbons (Fsp3) is 0.750. The number of amidine groups is 1. The topological polar surface area (TPSA) is 117 Å². The number of rotatable bonds is 9. The van der Waals surface area contributed by atoms with E-state index in [1.807, 2.05) is 6.92 Å². The minimum Gasteiger partial charge on any atom is -0.409 e. The third-order valence-electron chi connectivity index (χ3n) is 2.73. The molecule has 1 unspecified atom stereocenters. The number of amides is 2. The number of methoxy groups -OCH3 is 1. The lowest BCUT2D eigenvalue weighted by Crippen LogP contribution is -2.44. The molecule has 0 aromatic carbocycles. The highest BCUT2D eigenvalue weighted by molar-refractivity contribution is 6.02. The molecule has 8 heteroatoms. The van der Waals surface area contributed by atoms with Gasteiger partial charge in [0.05, 0.1) is 19.1 Å². The predicted molar refractivity (Wildman–Crippen MR) is 74.3 cm³/mol. The van der Waals surface area contributed by atoms with Gasteiger partial charge in [0.2, 0.25) is 11.8 Å². The quantitative estimate of drug-likeness (QED) is 0.172. The minimum absolute atomic E-state index is 0.0819. The molecular weight excluding hydrogens is 264 g/mol. The zero-order valence-electron chi connectivity index (χ0n) is 12.3. The molecule has 0 saturated carbocycles. The molecule has 0 spiro atoms. The van der Waals surface area contributed by atoms with E-state index in [0.717, 1.165) is 0 Å². The number of nitrogens with two attached hydrogens (primary N) is 1. The Labute approximate surface area is 118 Å². The molecule has 0 radical (unpaired) electrons. The van der Waals surface area contributed by atoms with Crippen molar-refractivity contribution in [3.8, 4) is 0 Å². The number of nitrogens with one attached hydrogen (secondary N) is 1. The molecule has 20 heavy (non-hydrogen) atoms. The molecule has 0 aromatic heterocycles. The Hall–Kier alpha value is -1.83. The summed E-state index contributed by atoms with van der Waals surface area (Å²) in [5.74, 6) is -1.47. The molecule has 0 fully saturated rings. The van der Waals surface area contributed by atoms with E-state index in [0.29, 0.717) is 26.0 Å². The second kappa shape index (κ2) is 10.0. The first-order valence-electron chi connectivity index (χ1n) is 6.45. The fourth-order valence-electron chi connectivity index (χ4n) is 1.66. The van der Waals surface area contributed by atoms with Gasteiger partial charge in [0, 0.05) is 20.7 Å². The van der Waals surface area contributed by atoms with Crippen LogP contribution in [0.15, 0.2) is 5.16 Å². The first-order valence-corrected chi connectivity index (χ1v) is 6.45. The van der Waals surface area contributed by atoms with Gasteiger partial charge in [-0.15, -0.1) is 0 Å². The van der Waals surface area contributed by atoms with Crippen molar-refractivity contribution in [3.63, 3.8) is 0 Å². The van der Waals surface area contributed by atoms with Crippen LogP contribution in [0.5, 0.6) is 0 Å². The van der Waals surface area contributed by atoms with E-state index in [9.17, 15) is 9.59 Å². The molecule has 4 N–H and O–H groups in total. The summed E-state index contributed by atoms with van der Waals surface area (Å²) in [7, 11) is 3.04. The third-order valence-corrected chi connectivity index (χ3v) is 2.73. The van der Waals surface area contributed by atoms with Crippen LogP contribution in [0.2, 0.25) is 0 Å². The van der Waals surface area contributed by atoms with Gasteiger partial charge in [0.25, 0.3) is 0 Å². The van der Waals surface area contributed by atoms with Crippen LogP contribution in [0.3, 0.4) is 0 Å². The molecule has 0 aliphatic carbocycles. The summed E-state index contributed by atoms with van der Waals surface area (Å²) >= 11 is 0. The molecule has 0 bridgehead atoms. The Kier molecular flexibility index (Phi) is 9.10. The van der Waals surface area contributed by atoms with Crippen LogP contribution in [-0.4, -0.2) is 61.6 Å². The number of oxime groups is 1. The van der Waals surface area contributed by atoms with E-state index in [4.69, 9.17) is 15.7 Å². The number of carbonyl (C=O) groups is 2. The summed E-state index contributed by atoms with van der Waals surface area (Å²) in [6.45, 7) is 2.60. The maximum Gasteiger partial charge on any atom is 0.239 e. The summed E-state index contributed by atoms with van der Waals surface area (Å²) in [5.41, 5.74) is 5.51. The normalized spacial score (nSPS) is 12.8. The van der Waals surface area contributed by atoms with E-state index in [1.165, 1.54) is 19.1 Å². The monoisotopic (exact) mass is 288 g/mol. The van der Waals surface area contributed by atoms with Crippen LogP contribution in [0, 0.1) is 5.92 Å². The van der Waals surface area contributed by atoms with Gasteiger partial charge in [-0.3, -0.25) is 9.59 Å². The molecular formula is C12H24N4O4. The van der Waals surface area contributed by atoms with Crippen molar-refractivity contribution in [1.29, 1.82) is 0 Å². The number of likely N-dealkylation sites (N-methyl/N-ethyl adjacent to an activating group) is 1. The summed E-state index contributed by atoms with van der Waals surface area (Å²) in [6.07, 6.45) is 1.17. The maximum atomic E-state index is 12.1. The van der Waals surface area contributed by atoms with Crippen LogP contribution in [0.4, 0.5) is 0 Å². The lowest BCUT2D eigenvalue weighted by atomic mass is 10.0. The molecule has 2 amide bonds. The number of hydrogen-bond donors (Lipinski definition) is 3. The second-order valence-corrected chi connectivity index (χ2v) is 4.40. The van der Waals surface area contributed by atoms with Gasteiger partial charge in [0.1, 0.15) is 0 Å². The molecule has 0 aromatic rings. The SMILES string of the molecule is CCCC(C(=O)N(C)CC(=O)NCCOC)C(N)=NO. The lowest BCUT2D eigenvalue weighted by Gasteiger charge is -2.22. The van der Waals surface area contributed by atoms with Gasteiger partial charge >= 0.3 is 0 Å². The summed E-state index contributed by atoms with van der Waals surface area (Å²) in [6, 6.07) is 0. The first kappa shape index (κ1) is 18.2. The van der Waals surface area contributed by atoms with Crippen molar-refractivity contribution in [2.75, 3.05) is 33.9 Å². The smallest absolute Gasteiger partial charge is 0.239 e. The number of ether oxygens (including phenoxy) is 1. The number of carbonyl (C=O) groups excluding carboxylic acids is 2. The fourth-order valence-corrected chi connectivity index (χ4v) is 1.66. The van der Waals surface area contributed by atoms with E-state index < -0.39 is 5.92 Å². The molecule has 0 aliphatic rings. The average Bonchev–Trinajstić information content (AvgIpc) is 2.43. The molecule has 8 nitrogen and oxygen atoms in total. The minimum atomic E-state index is -0.707. The zero-order chi connectivity index (χ0) is 15.5. The summed E-state index contributed by atoms with van der Waals surface area (Å²) in [4.78, 5) is 25.0. The standard InChI is InChI=1S/C12H24N4O4/c1-4-5-9(11(13)15-19)12(18)16(2)8-10(17)14-6-7-20-3/h9,19H,4-8H2,1-3H3,(H2,13,15)(H,14,17). The Morgan fingerprint density at radius 3 is 2.65 bits per heavy atom. The molecule has 1 atom stereocenters. The molecule has 0 saturated heterocycles. The maximum absolute atomic E-state index is 12.1. The second-order valence-electron chi connectivity index (χ2n) is 4.40. The van der Waals surface area contributed by atoms with Crippen LogP contribution in [0.1, 0.15) is 19.8 Å². The Bertz CT molecular complexity index is 346. The summed E-state index contributed by atoms with van der Waals surface area (Å²) in [5, 5.41) is 14.2. The van der Waals surface area contributed by atoms with Crippen LogP contribution in [0.25, 0.3) is 0 Å². The first-order chi connectivity index (χ1) is 9.47. The van der Waals surface area contributed by atoms with Gasteiger partial charge in [-0.1, -0.05) is 18.5 Å². The van der Waals surface area contributed by atoms with Gasteiger partial charge in [-0.05, 0) is 6.42 Å². The van der Waals surface area contributed by atoms with Crippen molar-refractivity contribution in [3.05, 3.63) is 0 Å². The van der Waals surface area contributed by atoms with Gasteiger partial charge < -0.3 is 25.9 Å².